The van der Waals surface area contributed by atoms with E-state index in [-0.39, 0.29) is 24.5 Å². The summed E-state index contributed by atoms with van der Waals surface area (Å²) in [5.41, 5.74) is 1.55. The summed E-state index contributed by atoms with van der Waals surface area (Å²) in [5.74, 6) is -0.949. The predicted octanol–water partition coefficient (Wildman–Crippen LogP) is 3.13. The molecule has 1 N–H and O–H groups in total. The molecule has 23 heavy (non-hydrogen) atoms. The maximum Gasteiger partial charge on any atom is 0.338 e. The highest BCUT2D eigenvalue weighted by molar-refractivity contribution is 5.97. The van der Waals surface area contributed by atoms with Crippen LogP contribution in [-0.4, -0.2) is 30.3 Å². The van der Waals surface area contributed by atoms with Gasteiger partial charge in [0.05, 0.1) is 5.56 Å². The molecule has 0 aromatic heterocycles. The lowest BCUT2D eigenvalue weighted by molar-refractivity contribution is -0.140. The van der Waals surface area contributed by atoms with Gasteiger partial charge in [-0.15, -0.1) is 0 Å². The molecule has 2 aromatic carbocycles. The van der Waals surface area contributed by atoms with E-state index in [9.17, 15) is 14.7 Å². The van der Waals surface area contributed by atoms with Crippen LogP contribution < -0.4 is 0 Å². The monoisotopic (exact) mass is 314 g/mol. The first kappa shape index (κ1) is 16.5. The highest BCUT2D eigenvalue weighted by Gasteiger charge is 2.11. The number of carbonyl (C=O) groups is 2. The van der Waals surface area contributed by atoms with Crippen molar-refractivity contribution in [3.63, 3.8) is 0 Å². The number of benzene rings is 2. The molecule has 0 aliphatic heterocycles. The molecule has 0 heterocycles. The average Bonchev–Trinajstić information content (AvgIpc) is 2.50. The van der Waals surface area contributed by atoms with Crippen LogP contribution in [0.15, 0.2) is 42.5 Å². The number of hydrogen-bond acceptors (Lipinski definition) is 5. The fourth-order valence-electron chi connectivity index (χ4n) is 2.09. The highest BCUT2D eigenvalue weighted by Crippen LogP contribution is 2.27. The van der Waals surface area contributed by atoms with Gasteiger partial charge in [0, 0.05) is 11.0 Å². The Morgan fingerprint density at radius 2 is 1.83 bits per heavy atom. The average molecular weight is 314 g/mol. The zero-order chi connectivity index (χ0) is 17.0. The number of fused-ring (bicyclic) bond motifs is 1. The van der Waals surface area contributed by atoms with Crippen LogP contribution in [0.5, 0.6) is 5.75 Å². The summed E-state index contributed by atoms with van der Waals surface area (Å²) in [6.07, 6.45) is 0. The van der Waals surface area contributed by atoms with Crippen LogP contribution in [0, 0.1) is 6.92 Å². The van der Waals surface area contributed by atoms with Gasteiger partial charge >= 0.3 is 11.9 Å². The molecule has 0 spiro atoms. The highest BCUT2D eigenvalue weighted by atomic mass is 16.6. The molecule has 0 fully saturated rings. The standard InChI is InChI=1S/C18H18O5/c1-11(2)17(20)22-6-7-23-18(21)14-5-4-13-8-12(3)9-16(19)15(13)10-14/h4-5,8-10,19H,1,6-7H2,2-3H3. The van der Waals surface area contributed by atoms with Crippen molar-refractivity contribution in [2.24, 2.45) is 0 Å². The lowest BCUT2D eigenvalue weighted by atomic mass is 10.0. The van der Waals surface area contributed by atoms with Gasteiger partial charge in [0.15, 0.2) is 0 Å². The van der Waals surface area contributed by atoms with Crippen molar-refractivity contribution >= 4 is 22.7 Å². The number of carbonyl (C=O) groups excluding carboxylic acids is 2. The lowest BCUT2D eigenvalue weighted by Crippen LogP contribution is -2.14. The van der Waals surface area contributed by atoms with Crippen LogP contribution in [0.1, 0.15) is 22.8 Å². The Balaban J connectivity index is 2.01. The van der Waals surface area contributed by atoms with E-state index in [0.717, 1.165) is 10.9 Å². The molecule has 0 amide bonds. The Hall–Kier alpha value is -2.82. The van der Waals surface area contributed by atoms with Crippen LogP contribution in [-0.2, 0) is 14.3 Å². The number of hydrogen-bond donors (Lipinski definition) is 1. The van der Waals surface area contributed by atoms with Gasteiger partial charge in [0.25, 0.3) is 0 Å². The quantitative estimate of drug-likeness (QED) is 0.521. The second-order valence-corrected chi connectivity index (χ2v) is 5.27. The van der Waals surface area contributed by atoms with Crippen LogP contribution in [0.4, 0.5) is 0 Å². The summed E-state index contributed by atoms with van der Waals surface area (Å²) < 4.78 is 9.88. The third-order valence-corrected chi connectivity index (χ3v) is 3.21. The molecule has 5 nitrogen and oxygen atoms in total. The minimum atomic E-state index is -0.543. The summed E-state index contributed by atoms with van der Waals surface area (Å²) in [4.78, 5) is 23.2. The first-order valence-electron chi connectivity index (χ1n) is 7.11. The normalized spacial score (nSPS) is 10.3. The Morgan fingerprint density at radius 1 is 1.13 bits per heavy atom. The SMILES string of the molecule is C=C(C)C(=O)OCCOC(=O)c1ccc2cc(C)cc(O)c2c1. The van der Waals surface area contributed by atoms with Gasteiger partial charge in [-0.2, -0.15) is 0 Å². The third-order valence-electron chi connectivity index (χ3n) is 3.21. The largest absolute Gasteiger partial charge is 0.507 e. The number of esters is 2. The van der Waals surface area contributed by atoms with E-state index >= 15 is 0 Å². The van der Waals surface area contributed by atoms with E-state index in [0.29, 0.717) is 10.9 Å². The van der Waals surface area contributed by atoms with Gasteiger partial charge in [0.2, 0.25) is 0 Å². The van der Waals surface area contributed by atoms with Gasteiger partial charge in [-0.25, -0.2) is 9.59 Å². The van der Waals surface area contributed by atoms with Crippen molar-refractivity contribution < 1.29 is 24.2 Å². The second kappa shape index (κ2) is 6.96. The molecule has 0 radical (unpaired) electrons. The summed E-state index contributed by atoms with van der Waals surface area (Å²) in [5, 5.41) is 11.4. The van der Waals surface area contributed by atoms with E-state index in [1.165, 1.54) is 6.92 Å². The molecule has 0 saturated carbocycles. The van der Waals surface area contributed by atoms with Crippen molar-refractivity contribution in [1.82, 2.24) is 0 Å². The molecule has 0 aliphatic rings. The van der Waals surface area contributed by atoms with Crippen molar-refractivity contribution in [3.8, 4) is 5.75 Å². The molecule has 0 aliphatic carbocycles. The second-order valence-electron chi connectivity index (χ2n) is 5.27. The Labute approximate surface area is 134 Å². The minimum Gasteiger partial charge on any atom is -0.507 e. The molecule has 0 saturated heterocycles. The summed E-state index contributed by atoms with van der Waals surface area (Å²) >= 11 is 0. The fraction of sp³-hybridized carbons (Fsp3) is 0.222. The molecule has 2 aromatic rings. The molecule has 0 bridgehead atoms. The summed E-state index contributed by atoms with van der Waals surface area (Å²) in [6.45, 7) is 6.80. The van der Waals surface area contributed by atoms with E-state index in [1.54, 1.807) is 24.3 Å². The molecule has 5 heteroatoms. The predicted molar refractivity (Wildman–Crippen MR) is 86.4 cm³/mol. The van der Waals surface area contributed by atoms with Crippen molar-refractivity contribution in [2.75, 3.05) is 13.2 Å². The zero-order valence-corrected chi connectivity index (χ0v) is 13.1. The Morgan fingerprint density at radius 3 is 2.52 bits per heavy atom. The van der Waals surface area contributed by atoms with E-state index in [2.05, 4.69) is 6.58 Å². The van der Waals surface area contributed by atoms with Gasteiger partial charge in [0.1, 0.15) is 19.0 Å². The number of ether oxygens (including phenoxy) is 2. The number of aromatic hydroxyl groups is 1. The van der Waals surface area contributed by atoms with E-state index in [4.69, 9.17) is 9.47 Å². The maximum absolute atomic E-state index is 12.0. The fourth-order valence-corrected chi connectivity index (χ4v) is 2.09. The van der Waals surface area contributed by atoms with Crippen molar-refractivity contribution in [3.05, 3.63) is 53.6 Å². The van der Waals surface area contributed by atoms with E-state index in [1.807, 2.05) is 13.0 Å². The van der Waals surface area contributed by atoms with Crippen molar-refractivity contribution in [2.45, 2.75) is 13.8 Å². The zero-order valence-electron chi connectivity index (χ0n) is 13.1. The van der Waals surface area contributed by atoms with Gasteiger partial charge < -0.3 is 14.6 Å². The van der Waals surface area contributed by atoms with Crippen molar-refractivity contribution in [1.29, 1.82) is 0 Å². The van der Waals surface area contributed by atoms with E-state index < -0.39 is 11.9 Å². The van der Waals surface area contributed by atoms with Crippen LogP contribution in [0.2, 0.25) is 0 Å². The Kier molecular flexibility index (Phi) is 5.01. The van der Waals surface area contributed by atoms with Crippen LogP contribution in [0.3, 0.4) is 0 Å². The Bertz CT molecular complexity index is 776. The lowest BCUT2D eigenvalue weighted by Gasteiger charge is -2.08. The molecule has 120 valence electrons. The maximum atomic E-state index is 12.0. The number of rotatable bonds is 5. The van der Waals surface area contributed by atoms with Gasteiger partial charge in [-0.05, 0) is 43.0 Å². The summed E-state index contributed by atoms with van der Waals surface area (Å²) in [6, 6.07) is 8.51. The molecule has 2 rings (SSSR count). The topological polar surface area (TPSA) is 72.8 Å². The molecule has 0 unspecified atom stereocenters. The number of phenolic OH excluding ortho intramolecular Hbond substituents is 1. The first-order chi connectivity index (χ1) is 10.9. The van der Waals surface area contributed by atoms with Gasteiger partial charge in [-0.3, -0.25) is 0 Å². The first-order valence-corrected chi connectivity index (χ1v) is 7.11. The summed E-state index contributed by atoms with van der Waals surface area (Å²) in [7, 11) is 0. The third kappa shape index (κ3) is 4.10. The smallest absolute Gasteiger partial charge is 0.338 e. The molecular weight excluding hydrogens is 296 g/mol. The van der Waals surface area contributed by atoms with Gasteiger partial charge in [-0.1, -0.05) is 18.7 Å². The molecular formula is C18H18O5. The molecule has 0 atom stereocenters. The number of aryl methyl sites for hydroxylation is 1. The number of phenols is 1. The van der Waals surface area contributed by atoms with Crippen LogP contribution >= 0.6 is 0 Å². The minimum absolute atomic E-state index is 0.0323. The van der Waals surface area contributed by atoms with Crippen LogP contribution in [0.25, 0.3) is 10.8 Å².